The smallest absolute Gasteiger partial charge is 0.00934 e. The van der Waals surface area contributed by atoms with E-state index in [2.05, 4.69) is 29.2 Å². The molecule has 1 saturated carbocycles. The summed E-state index contributed by atoms with van der Waals surface area (Å²) in [5.74, 6) is 0. The molecule has 0 bridgehead atoms. The van der Waals surface area contributed by atoms with Gasteiger partial charge < -0.3 is 15.6 Å². The molecule has 2 rings (SSSR count). The monoisotopic (exact) mass is 221 g/mol. The topological polar surface area (TPSA) is 45.0 Å². The van der Waals surface area contributed by atoms with Crippen LogP contribution in [0, 0.1) is 0 Å². The van der Waals surface area contributed by atoms with Crippen LogP contribution in [0.5, 0.6) is 0 Å². The number of aromatic nitrogens is 1. The largest absolute Gasteiger partial charge is 0.367 e. The molecule has 3 nitrogen and oxygen atoms in total. The predicted octanol–water partition coefficient (Wildman–Crippen LogP) is 1.76. The standard InChI is InChI=1S/C13H23N3/c1-16(9-7-11-6-8-15-10-11)13-4-2-12(14)3-5-13/h6,8,10,12-13,15H,2-5,7,9,14H2,1H3. The Morgan fingerprint density at radius 2 is 2.12 bits per heavy atom. The predicted molar refractivity (Wildman–Crippen MR) is 67.4 cm³/mol. The second-order valence-electron chi connectivity index (χ2n) is 5.02. The normalized spacial score (nSPS) is 26.2. The molecular formula is C13H23N3. The maximum atomic E-state index is 5.93. The molecule has 1 aromatic rings. The summed E-state index contributed by atoms with van der Waals surface area (Å²) in [7, 11) is 2.24. The van der Waals surface area contributed by atoms with Crippen LogP contribution >= 0.6 is 0 Å². The van der Waals surface area contributed by atoms with Crippen LogP contribution in [0.2, 0.25) is 0 Å². The van der Waals surface area contributed by atoms with Gasteiger partial charge in [0.15, 0.2) is 0 Å². The lowest BCUT2D eigenvalue weighted by Gasteiger charge is -2.33. The summed E-state index contributed by atoms with van der Waals surface area (Å²) in [5, 5.41) is 0. The molecule has 0 saturated heterocycles. The average Bonchev–Trinajstić information content (AvgIpc) is 2.80. The van der Waals surface area contributed by atoms with Crippen molar-refractivity contribution in [1.29, 1.82) is 0 Å². The zero-order valence-corrected chi connectivity index (χ0v) is 10.2. The van der Waals surface area contributed by atoms with E-state index in [1.807, 2.05) is 6.20 Å². The van der Waals surface area contributed by atoms with Crippen LogP contribution in [0.4, 0.5) is 0 Å². The van der Waals surface area contributed by atoms with Gasteiger partial charge in [0.25, 0.3) is 0 Å². The summed E-state index contributed by atoms with van der Waals surface area (Å²) in [6.45, 7) is 1.15. The molecule has 0 aromatic carbocycles. The Morgan fingerprint density at radius 3 is 2.75 bits per heavy atom. The van der Waals surface area contributed by atoms with E-state index >= 15 is 0 Å². The molecule has 0 atom stereocenters. The van der Waals surface area contributed by atoms with Crippen molar-refractivity contribution in [2.45, 2.75) is 44.2 Å². The van der Waals surface area contributed by atoms with E-state index in [1.165, 1.54) is 31.2 Å². The Labute approximate surface area is 98.0 Å². The molecule has 0 aliphatic heterocycles. The number of rotatable bonds is 4. The Kier molecular flexibility index (Phi) is 4.02. The van der Waals surface area contributed by atoms with Crippen LogP contribution < -0.4 is 5.73 Å². The number of aromatic amines is 1. The van der Waals surface area contributed by atoms with Gasteiger partial charge in [-0.1, -0.05) is 0 Å². The van der Waals surface area contributed by atoms with Crippen molar-refractivity contribution in [3.05, 3.63) is 24.0 Å². The molecule has 0 radical (unpaired) electrons. The van der Waals surface area contributed by atoms with Crippen molar-refractivity contribution < 1.29 is 0 Å². The molecule has 0 unspecified atom stereocenters. The summed E-state index contributed by atoms with van der Waals surface area (Å²) in [5.41, 5.74) is 7.33. The molecular weight excluding hydrogens is 198 g/mol. The van der Waals surface area contributed by atoms with Gasteiger partial charge in [0.2, 0.25) is 0 Å². The first-order chi connectivity index (χ1) is 7.75. The third kappa shape index (κ3) is 3.09. The SMILES string of the molecule is CN(CCc1cc[nH]c1)C1CCC(N)CC1. The zero-order valence-electron chi connectivity index (χ0n) is 10.2. The first-order valence-corrected chi connectivity index (χ1v) is 6.33. The van der Waals surface area contributed by atoms with E-state index in [4.69, 9.17) is 5.73 Å². The maximum absolute atomic E-state index is 5.93. The molecule has 1 heterocycles. The quantitative estimate of drug-likeness (QED) is 0.813. The third-order valence-corrected chi connectivity index (χ3v) is 3.78. The van der Waals surface area contributed by atoms with E-state index in [1.54, 1.807) is 0 Å². The lowest BCUT2D eigenvalue weighted by molar-refractivity contribution is 0.185. The van der Waals surface area contributed by atoms with E-state index in [9.17, 15) is 0 Å². The maximum Gasteiger partial charge on any atom is 0.00934 e. The van der Waals surface area contributed by atoms with Crippen molar-refractivity contribution >= 4 is 0 Å². The van der Waals surface area contributed by atoms with Crippen molar-refractivity contribution in [2.24, 2.45) is 5.73 Å². The first-order valence-electron chi connectivity index (χ1n) is 6.33. The van der Waals surface area contributed by atoms with Crippen molar-refractivity contribution in [2.75, 3.05) is 13.6 Å². The number of likely N-dealkylation sites (N-methyl/N-ethyl adjacent to an activating group) is 1. The minimum Gasteiger partial charge on any atom is -0.367 e. The number of nitrogens with zero attached hydrogens (tertiary/aromatic N) is 1. The summed E-state index contributed by atoms with van der Waals surface area (Å²) in [6, 6.07) is 3.36. The summed E-state index contributed by atoms with van der Waals surface area (Å²) < 4.78 is 0. The van der Waals surface area contributed by atoms with E-state index in [0.29, 0.717) is 6.04 Å². The average molecular weight is 221 g/mol. The van der Waals surface area contributed by atoms with Crippen LogP contribution in [0.3, 0.4) is 0 Å². The van der Waals surface area contributed by atoms with Gasteiger partial charge in [0.05, 0.1) is 0 Å². The van der Waals surface area contributed by atoms with Gasteiger partial charge in [0.1, 0.15) is 0 Å². The minimum absolute atomic E-state index is 0.453. The van der Waals surface area contributed by atoms with E-state index < -0.39 is 0 Å². The Morgan fingerprint density at radius 1 is 1.38 bits per heavy atom. The fraction of sp³-hybridized carbons (Fsp3) is 0.692. The van der Waals surface area contributed by atoms with Gasteiger partial charge in [-0.3, -0.25) is 0 Å². The van der Waals surface area contributed by atoms with Gasteiger partial charge in [0, 0.05) is 31.0 Å². The number of hydrogen-bond donors (Lipinski definition) is 2. The molecule has 3 N–H and O–H groups in total. The molecule has 0 amide bonds. The molecule has 16 heavy (non-hydrogen) atoms. The summed E-state index contributed by atoms with van der Waals surface area (Å²) >= 11 is 0. The molecule has 1 aromatic heterocycles. The van der Waals surface area contributed by atoms with Gasteiger partial charge in [-0.05, 0) is 50.8 Å². The van der Waals surface area contributed by atoms with Crippen LogP contribution in [0.25, 0.3) is 0 Å². The van der Waals surface area contributed by atoms with Gasteiger partial charge in [-0.25, -0.2) is 0 Å². The molecule has 1 aliphatic carbocycles. The molecule has 1 aliphatic rings. The highest BCUT2D eigenvalue weighted by atomic mass is 15.1. The van der Waals surface area contributed by atoms with Crippen LogP contribution in [0.1, 0.15) is 31.2 Å². The fourth-order valence-corrected chi connectivity index (χ4v) is 2.54. The van der Waals surface area contributed by atoms with Crippen molar-refractivity contribution in [1.82, 2.24) is 9.88 Å². The van der Waals surface area contributed by atoms with Crippen LogP contribution in [-0.4, -0.2) is 35.6 Å². The Bertz CT molecular complexity index is 286. The number of hydrogen-bond acceptors (Lipinski definition) is 2. The first kappa shape index (κ1) is 11.7. The summed E-state index contributed by atoms with van der Waals surface area (Å²) in [6.07, 6.45) is 10.1. The van der Waals surface area contributed by atoms with Gasteiger partial charge in [-0.2, -0.15) is 0 Å². The molecule has 3 heteroatoms. The second-order valence-corrected chi connectivity index (χ2v) is 5.02. The second kappa shape index (κ2) is 5.51. The van der Waals surface area contributed by atoms with Crippen molar-refractivity contribution in [3.8, 4) is 0 Å². The highest BCUT2D eigenvalue weighted by Crippen LogP contribution is 2.21. The number of nitrogens with two attached hydrogens (primary N) is 1. The zero-order chi connectivity index (χ0) is 11.4. The highest BCUT2D eigenvalue weighted by Gasteiger charge is 2.21. The Hall–Kier alpha value is -0.800. The van der Waals surface area contributed by atoms with Gasteiger partial charge in [-0.15, -0.1) is 0 Å². The molecule has 90 valence electrons. The van der Waals surface area contributed by atoms with Crippen LogP contribution in [0.15, 0.2) is 18.5 Å². The van der Waals surface area contributed by atoms with Crippen LogP contribution in [-0.2, 0) is 6.42 Å². The molecule has 1 fully saturated rings. The Balaban J connectivity index is 1.73. The summed E-state index contributed by atoms with van der Waals surface area (Å²) in [4.78, 5) is 5.60. The van der Waals surface area contributed by atoms with E-state index in [0.717, 1.165) is 19.0 Å². The van der Waals surface area contributed by atoms with Crippen molar-refractivity contribution in [3.63, 3.8) is 0 Å². The van der Waals surface area contributed by atoms with Gasteiger partial charge >= 0.3 is 0 Å². The number of H-pyrrole nitrogens is 1. The molecule has 0 spiro atoms. The lowest BCUT2D eigenvalue weighted by Crippen LogP contribution is -2.39. The number of nitrogens with one attached hydrogen (secondary N) is 1. The fourth-order valence-electron chi connectivity index (χ4n) is 2.54. The van der Waals surface area contributed by atoms with E-state index in [-0.39, 0.29) is 0 Å². The highest BCUT2D eigenvalue weighted by molar-refractivity contribution is 5.08. The third-order valence-electron chi connectivity index (χ3n) is 3.78. The lowest BCUT2D eigenvalue weighted by atomic mass is 9.91. The minimum atomic E-state index is 0.453.